The Morgan fingerprint density at radius 1 is 1.11 bits per heavy atom. The third kappa shape index (κ3) is 4.97. The van der Waals surface area contributed by atoms with Crippen molar-refractivity contribution >= 4 is 6.03 Å². The van der Waals surface area contributed by atoms with Crippen molar-refractivity contribution in [3.8, 4) is 0 Å². The second-order valence-electron chi connectivity index (χ2n) is 6.89. The summed E-state index contributed by atoms with van der Waals surface area (Å²) in [6.07, 6.45) is 5.08. The summed E-state index contributed by atoms with van der Waals surface area (Å²) in [5, 5.41) is 5.81. The van der Waals surface area contributed by atoms with Crippen LogP contribution in [0.15, 0.2) is 67.0 Å². The lowest BCUT2D eigenvalue weighted by atomic mass is 10.1. The van der Waals surface area contributed by atoms with Gasteiger partial charge < -0.3 is 15.2 Å². The third-order valence-corrected chi connectivity index (χ3v) is 4.69. The number of rotatable bonds is 7. The van der Waals surface area contributed by atoms with E-state index in [4.69, 9.17) is 0 Å². The Balaban J connectivity index is 1.66. The molecule has 3 rings (SSSR count). The van der Waals surface area contributed by atoms with Crippen molar-refractivity contribution in [3.05, 3.63) is 89.8 Å². The molecule has 0 unspecified atom stereocenters. The Hall–Kier alpha value is -3.15. The number of hydrogen-bond acceptors (Lipinski definition) is 2. The molecule has 2 N–H and O–H groups in total. The van der Waals surface area contributed by atoms with Crippen LogP contribution >= 0.6 is 0 Å². The van der Waals surface area contributed by atoms with Crippen molar-refractivity contribution in [1.29, 1.82) is 0 Å². The number of carbonyl (C=O) groups excluding carboxylic acids is 1. The summed E-state index contributed by atoms with van der Waals surface area (Å²) < 4.78 is 16.1. The highest BCUT2D eigenvalue weighted by Gasteiger charge is 2.23. The van der Waals surface area contributed by atoms with Gasteiger partial charge in [-0.2, -0.15) is 0 Å². The van der Waals surface area contributed by atoms with Crippen LogP contribution in [0.5, 0.6) is 0 Å². The molecule has 2 amide bonds. The van der Waals surface area contributed by atoms with Gasteiger partial charge in [0.05, 0.1) is 0 Å². The molecule has 0 aliphatic carbocycles. The van der Waals surface area contributed by atoms with E-state index in [1.165, 1.54) is 11.6 Å². The number of aromatic nitrogens is 2. The number of hydrogen-bond donors (Lipinski definition) is 2. The lowest BCUT2D eigenvalue weighted by Crippen LogP contribution is -2.43. The molecule has 1 heterocycles. The number of aryl methyl sites for hydroxylation is 2. The zero-order valence-corrected chi connectivity index (χ0v) is 16.1. The maximum atomic E-state index is 14.4. The van der Waals surface area contributed by atoms with Crippen LogP contribution in [0, 0.1) is 5.82 Å². The number of nitrogens with one attached hydrogen (secondary N) is 2. The summed E-state index contributed by atoms with van der Waals surface area (Å²) >= 11 is 0. The van der Waals surface area contributed by atoms with E-state index in [0.717, 1.165) is 12.8 Å². The fourth-order valence-corrected chi connectivity index (χ4v) is 3.14. The number of amides is 2. The number of nitrogens with zero attached hydrogens (tertiary/aromatic N) is 2. The first-order chi connectivity index (χ1) is 13.5. The Morgan fingerprint density at radius 3 is 2.50 bits per heavy atom. The highest BCUT2D eigenvalue weighted by molar-refractivity contribution is 5.75. The molecular weight excluding hydrogens is 355 g/mol. The summed E-state index contributed by atoms with van der Waals surface area (Å²) in [6.45, 7) is 1.96. The minimum Gasteiger partial charge on any atom is -0.336 e. The van der Waals surface area contributed by atoms with Crippen LogP contribution in [0.25, 0.3) is 0 Å². The van der Waals surface area contributed by atoms with E-state index in [2.05, 4.69) is 27.8 Å². The van der Waals surface area contributed by atoms with Gasteiger partial charge in [-0.05, 0) is 31.4 Å². The number of imidazole rings is 1. The average molecular weight is 380 g/mol. The first-order valence-electron chi connectivity index (χ1n) is 9.37. The van der Waals surface area contributed by atoms with Gasteiger partial charge in [0.2, 0.25) is 0 Å². The SMILES string of the molecule is C[C@H](CCc1ccccc1)NC(=O)N[C@@H](c1ccccc1F)c1nccn1C. The lowest BCUT2D eigenvalue weighted by molar-refractivity contribution is 0.234. The standard InChI is InChI=1S/C22H25FN4O/c1-16(12-13-17-8-4-3-5-9-17)25-22(28)26-20(21-24-14-15-27(21)2)18-10-6-7-11-19(18)23/h3-11,14-16,20H,12-13H2,1-2H3,(H2,25,26,28)/t16-,20+/m1/s1. The second-order valence-corrected chi connectivity index (χ2v) is 6.89. The Labute approximate surface area is 164 Å². The van der Waals surface area contributed by atoms with Gasteiger partial charge in [0.1, 0.15) is 17.7 Å². The number of carbonyl (C=O) groups is 1. The summed E-state index contributed by atoms with van der Waals surface area (Å²) in [6, 6.07) is 15.5. The van der Waals surface area contributed by atoms with Crippen LogP contribution in [-0.2, 0) is 13.5 Å². The molecular formula is C22H25FN4O. The summed E-state index contributed by atoms with van der Waals surface area (Å²) in [5.74, 6) is 0.185. The van der Waals surface area contributed by atoms with E-state index >= 15 is 0 Å². The van der Waals surface area contributed by atoms with Gasteiger partial charge >= 0.3 is 6.03 Å². The van der Waals surface area contributed by atoms with Gasteiger partial charge in [-0.1, -0.05) is 48.5 Å². The molecule has 3 aromatic rings. The van der Waals surface area contributed by atoms with Crippen molar-refractivity contribution in [2.75, 3.05) is 0 Å². The first kappa shape index (κ1) is 19.6. The Bertz CT molecular complexity index is 910. The fraction of sp³-hybridized carbons (Fsp3) is 0.273. The van der Waals surface area contributed by atoms with Crippen LogP contribution < -0.4 is 10.6 Å². The van der Waals surface area contributed by atoms with E-state index in [1.54, 1.807) is 35.2 Å². The van der Waals surface area contributed by atoms with E-state index in [-0.39, 0.29) is 17.9 Å². The topological polar surface area (TPSA) is 59.0 Å². The lowest BCUT2D eigenvalue weighted by Gasteiger charge is -2.22. The zero-order chi connectivity index (χ0) is 19.9. The van der Waals surface area contributed by atoms with Gasteiger partial charge in [0.15, 0.2) is 0 Å². The largest absolute Gasteiger partial charge is 0.336 e. The molecule has 0 bridgehead atoms. The third-order valence-electron chi connectivity index (χ3n) is 4.69. The van der Waals surface area contributed by atoms with Crippen molar-refractivity contribution in [2.24, 2.45) is 7.05 Å². The maximum Gasteiger partial charge on any atom is 0.315 e. The molecule has 0 saturated heterocycles. The molecule has 0 fully saturated rings. The van der Waals surface area contributed by atoms with Crippen LogP contribution in [0.4, 0.5) is 9.18 Å². The summed E-state index contributed by atoms with van der Waals surface area (Å²) in [4.78, 5) is 16.9. The molecule has 6 heteroatoms. The van der Waals surface area contributed by atoms with Crippen molar-refractivity contribution < 1.29 is 9.18 Å². The normalized spacial score (nSPS) is 13.0. The Morgan fingerprint density at radius 2 is 1.82 bits per heavy atom. The highest BCUT2D eigenvalue weighted by atomic mass is 19.1. The predicted molar refractivity (Wildman–Crippen MR) is 107 cm³/mol. The molecule has 1 aromatic heterocycles. The zero-order valence-electron chi connectivity index (χ0n) is 16.1. The van der Waals surface area contributed by atoms with Crippen molar-refractivity contribution in [2.45, 2.75) is 31.8 Å². The van der Waals surface area contributed by atoms with Crippen LogP contribution in [0.1, 0.15) is 36.3 Å². The number of benzene rings is 2. The quantitative estimate of drug-likeness (QED) is 0.652. The molecule has 2 aromatic carbocycles. The predicted octanol–water partition coefficient (Wildman–Crippen LogP) is 3.97. The van der Waals surface area contributed by atoms with Crippen LogP contribution in [0.2, 0.25) is 0 Å². The average Bonchev–Trinajstić information content (AvgIpc) is 3.12. The molecule has 0 spiro atoms. The fourth-order valence-electron chi connectivity index (χ4n) is 3.14. The van der Waals surface area contributed by atoms with Gasteiger partial charge in [-0.25, -0.2) is 14.2 Å². The molecule has 2 atom stereocenters. The van der Waals surface area contributed by atoms with Gasteiger partial charge in [0, 0.05) is 31.0 Å². The number of urea groups is 1. The summed E-state index contributed by atoms with van der Waals surface area (Å²) in [5.41, 5.74) is 1.61. The van der Waals surface area contributed by atoms with Gasteiger partial charge in [0.25, 0.3) is 0 Å². The Kier molecular flexibility index (Phi) is 6.42. The molecule has 0 saturated carbocycles. The van der Waals surface area contributed by atoms with Gasteiger partial charge in [-0.3, -0.25) is 0 Å². The first-order valence-corrected chi connectivity index (χ1v) is 9.37. The van der Waals surface area contributed by atoms with Gasteiger partial charge in [-0.15, -0.1) is 0 Å². The van der Waals surface area contributed by atoms with E-state index in [1.807, 2.05) is 32.2 Å². The summed E-state index contributed by atoms with van der Waals surface area (Å²) in [7, 11) is 1.82. The highest BCUT2D eigenvalue weighted by Crippen LogP contribution is 2.23. The molecule has 0 aliphatic heterocycles. The van der Waals surface area contributed by atoms with E-state index in [9.17, 15) is 9.18 Å². The minimum atomic E-state index is -0.678. The molecule has 28 heavy (non-hydrogen) atoms. The van der Waals surface area contributed by atoms with Crippen molar-refractivity contribution in [3.63, 3.8) is 0 Å². The van der Waals surface area contributed by atoms with Crippen LogP contribution in [0.3, 0.4) is 0 Å². The molecule has 146 valence electrons. The van der Waals surface area contributed by atoms with Crippen molar-refractivity contribution in [1.82, 2.24) is 20.2 Å². The monoisotopic (exact) mass is 380 g/mol. The number of halogens is 1. The van der Waals surface area contributed by atoms with E-state index in [0.29, 0.717) is 11.4 Å². The smallest absolute Gasteiger partial charge is 0.315 e. The van der Waals surface area contributed by atoms with Crippen LogP contribution in [-0.4, -0.2) is 21.6 Å². The second kappa shape index (κ2) is 9.17. The van der Waals surface area contributed by atoms with E-state index < -0.39 is 6.04 Å². The molecule has 0 aliphatic rings. The maximum absolute atomic E-state index is 14.4. The minimum absolute atomic E-state index is 0.0251. The molecule has 0 radical (unpaired) electrons. The molecule has 5 nitrogen and oxygen atoms in total.